The summed E-state index contributed by atoms with van der Waals surface area (Å²) >= 11 is 0. The minimum Gasteiger partial charge on any atom is -0.361 e. The van der Waals surface area contributed by atoms with Crippen LogP contribution in [0.4, 0.5) is 0 Å². The highest BCUT2D eigenvalue weighted by atomic mass is 32.2. The molecule has 1 unspecified atom stereocenters. The van der Waals surface area contributed by atoms with Gasteiger partial charge in [0.15, 0.2) is 9.84 Å². The molecule has 0 saturated carbocycles. The van der Waals surface area contributed by atoms with E-state index in [1.807, 2.05) is 42.6 Å². The average Bonchev–Trinajstić information content (AvgIpc) is 3.23. The summed E-state index contributed by atoms with van der Waals surface area (Å²) in [6, 6.07) is 11.0. The second kappa shape index (κ2) is 7.00. The Labute approximate surface area is 157 Å². The maximum Gasteiger partial charge on any atom is 0.227 e. The molecule has 1 N–H and O–H groups in total. The van der Waals surface area contributed by atoms with Crippen molar-refractivity contribution in [2.45, 2.75) is 19.0 Å². The minimum atomic E-state index is -3.26. The third-order valence-corrected chi connectivity index (χ3v) is 6.13. The van der Waals surface area contributed by atoms with Crippen LogP contribution in [0.25, 0.3) is 10.9 Å². The number of pyridine rings is 1. The molecule has 0 radical (unpaired) electrons. The van der Waals surface area contributed by atoms with E-state index in [-0.39, 0.29) is 18.1 Å². The zero-order valence-corrected chi connectivity index (χ0v) is 15.4. The normalized spacial score (nSPS) is 18.0. The second-order valence-electron chi connectivity index (χ2n) is 6.64. The zero-order chi connectivity index (χ0) is 18.9. The number of benzene rings is 1. The Hall–Kier alpha value is -2.93. The third-order valence-electron chi connectivity index (χ3n) is 4.75. The quantitative estimate of drug-likeness (QED) is 0.736. The Kier molecular flexibility index (Phi) is 4.53. The number of fused-ring (bicyclic) bond motifs is 1. The van der Waals surface area contributed by atoms with Crippen LogP contribution in [-0.4, -0.2) is 41.0 Å². The van der Waals surface area contributed by atoms with Crippen LogP contribution in [0.3, 0.4) is 0 Å². The monoisotopic (exact) mass is 381 g/mol. The number of carbonyl (C=O) groups excluding carboxylic acids is 1. The molecule has 0 spiro atoms. The molecule has 1 aliphatic heterocycles. The van der Waals surface area contributed by atoms with Crippen LogP contribution >= 0.6 is 0 Å². The number of nitrogens with zero attached hydrogens (tertiary/aromatic N) is 2. The molecule has 2 aromatic heterocycles. The molecular weight excluding hydrogens is 362 g/mol. The van der Waals surface area contributed by atoms with Gasteiger partial charge in [-0.2, -0.15) is 0 Å². The summed E-state index contributed by atoms with van der Waals surface area (Å²) in [4.78, 5) is 21.9. The van der Waals surface area contributed by atoms with Crippen molar-refractivity contribution in [3.63, 3.8) is 0 Å². The van der Waals surface area contributed by atoms with Gasteiger partial charge in [-0.15, -0.1) is 0 Å². The van der Waals surface area contributed by atoms with Crippen LogP contribution in [-0.2, 0) is 27.6 Å². The van der Waals surface area contributed by atoms with E-state index in [1.165, 1.54) is 5.41 Å². The molecule has 1 amide bonds. The van der Waals surface area contributed by atoms with Crippen molar-refractivity contribution in [1.29, 1.82) is 0 Å². The number of aromatic nitrogens is 2. The molecule has 4 rings (SSSR count). The molecule has 0 saturated heterocycles. The lowest BCUT2D eigenvalue weighted by Gasteiger charge is -2.27. The topological polar surface area (TPSA) is 83.1 Å². The van der Waals surface area contributed by atoms with E-state index in [0.717, 1.165) is 22.0 Å². The maximum atomic E-state index is 13.1. The predicted octanol–water partition coefficient (Wildman–Crippen LogP) is 2.44. The molecular formula is C20H19N3O3S. The number of carbonyl (C=O) groups is 1. The largest absolute Gasteiger partial charge is 0.361 e. The van der Waals surface area contributed by atoms with E-state index in [2.05, 4.69) is 9.97 Å². The summed E-state index contributed by atoms with van der Waals surface area (Å²) in [7, 11) is -3.26. The molecule has 6 nitrogen and oxygen atoms in total. The average molecular weight is 381 g/mol. The fraction of sp³-hybridized carbons (Fsp3) is 0.200. The van der Waals surface area contributed by atoms with Gasteiger partial charge in [0.05, 0.1) is 18.2 Å². The van der Waals surface area contributed by atoms with Gasteiger partial charge in [0.2, 0.25) is 5.91 Å². The third kappa shape index (κ3) is 3.78. The Morgan fingerprint density at radius 3 is 2.70 bits per heavy atom. The van der Waals surface area contributed by atoms with Gasteiger partial charge in [0, 0.05) is 41.4 Å². The second-order valence-corrected chi connectivity index (χ2v) is 8.57. The molecule has 0 bridgehead atoms. The lowest BCUT2D eigenvalue weighted by molar-refractivity contribution is -0.132. The summed E-state index contributed by atoms with van der Waals surface area (Å²) < 4.78 is 23.7. The van der Waals surface area contributed by atoms with E-state index >= 15 is 0 Å². The number of rotatable bonds is 5. The molecule has 3 aromatic rings. The Balaban J connectivity index is 1.61. The number of para-hydroxylation sites is 1. The van der Waals surface area contributed by atoms with Crippen LogP contribution in [0.15, 0.2) is 66.5 Å². The van der Waals surface area contributed by atoms with Gasteiger partial charge in [0.25, 0.3) is 0 Å². The molecule has 0 aliphatic carbocycles. The molecule has 7 heteroatoms. The summed E-state index contributed by atoms with van der Waals surface area (Å²) in [6.07, 6.45) is 6.98. The fourth-order valence-electron chi connectivity index (χ4n) is 3.37. The van der Waals surface area contributed by atoms with Crippen molar-refractivity contribution in [3.8, 4) is 0 Å². The van der Waals surface area contributed by atoms with Crippen LogP contribution in [0.1, 0.15) is 11.1 Å². The van der Waals surface area contributed by atoms with Gasteiger partial charge in [-0.05, 0) is 35.4 Å². The molecule has 3 heterocycles. The lowest BCUT2D eigenvalue weighted by atomic mass is 10.1. The Bertz CT molecular complexity index is 1100. The van der Waals surface area contributed by atoms with Crippen LogP contribution in [0, 0.1) is 0 Å². The maximum absolute atomic E-state index is 13.1. The molecule has 138 valence electrons. The molecule has 1 aliphatic rings. The van der Waals surface area contributed by atoms with Gasteiger partial charge < -0.3 is 9.88 Å². The van der Waals surface area contributed by atoms with Crippen molar-refractivity contribution in [2.24, 2.45) is 0 Å². The first kappa shape index (κ1) is 17.5. The van der Waals surface area contributed by atoms with Crippen molar-refractivity contribution in [2.75, 3.05) is 5.75 Å². The van der Waals surface area contributed by atoms with Crippen molar-refractivity contribution in [1.82, 2.24) is 14.9 Å². The number of amides is 1. The summed E-state index contributed by atoms with van der Waals surface area (Å²) in [5.74, 6) is -0.180. The van der Waals surface area contributed by atoms with Crippen LogP contribution in [0.5, 0.6) is 0 Å². The smallest absolute Gasteiger partial charge is 0.227 e. The first-order valence-corrected chi connectivity index (χ1v) is 10.4. The van der Waals surface area contributed by atoms with Crippen molar-refractivity contribution in [3.05, 3.63) is 77.6 Å². The van der Waals surface area contributed by atoms with E-state index in [0.29, 0.717) is 6.54 Å². The predicted molar refractivity (Wildman–Crippen MR) is 104 cm³/mol. The zero-order valence-electron chi connectivity index (χ0n) is 14.6. The van der Waals surface area contributed by atoms with Crippen LogP contribution < -0.4 is 0 Å². The van der Waals surface area contributed by atoms with E-state index in [9.17, 15) is 13.2 Å². The minimum absolute atomic E-state index is 0.0717. The summed E-state index contributed by atoms with van der Waals surface area (Å²) in [5.41, 5.74) is 2.79. The van der Waals surface area contributed by atoms with Crippen molar-refractivity contribution < 1.29 is 13.2 Å². The first-order valence-electron chi connectivity index (χ1n) is 8.66. The number of hydrogen-bond acceptors (Lipinski definition) is 4. The van der Waals surface area contributed by atoms with E-state index in [1.54, 1.807) is 23.4 Å². The van der Waals surface area contributed by atoms with Gasteiger partial charge in [0.1, 0.15) is 0 Å². The molecule has 0 fully saturated rings. The number of aromatic amines is 1. The molecule has 1 aromatic carbocycles. The first-order chi connectivity index (χ1) is 13.0. The molecule has 1 atom stereocenters. The highest BCUT2D eigenvalue weighted by Crippen LogP contribution is 2.22. The van der Waals surface area contributed by atoms with E-state index < -0.39 is 15.9 Å². The SMILES string of the molecule is O=C(Cc1c[nH]c2ccccc12)N(Cc1ccncc1)C1C=CS(=O)(=O)C1. The highest BCUT2D eigenvalue weighted by Gasteiger charge is 2.30. The van der Waals surface area contributed by atoms with Crippen molar-refractivity contribution >= 4 is 26.6 Å². The van der Waals surface area contributed by atoms with Crippen LogP contribution in [0.2, 0.25) is 0 Å². The number of sulfone groups is 1. The number of hydrogen-bond donors (Lipinski definition) is 1. The fourth-order valence-corrected chi connectivity index (χ4v) is 4.67. The van der Waals surface area contributed by atoms with Gasteiger partial charge >= 0.3 is 0 Å². The molecule has 27 heavy (non-hydrogen) atoms. The number of H-pyrrole nitrogens is 1. The van der Waals surface area contributed by atoms with Gasteiger partial charge in [-0.25, -0.2) is 8.42 Å². The number of nitrogens with one attached hydrogen (secondary N) is 1. The van der Waals surface area contributed by atoms with Gasteiger partial charge in [-0.1, -0.05) is 18.2 Å². The Morgan fingerprint density at radius 1 is 1.19 bits per heavy atom. The standard InChI is InChI=1S/C20H19N3O3S/c24-20(11-16-12-22-19-4-2-1-3-18(16)19)23(13-15-5-8-21-9-6-15)17-7-10-27(25,26)14-17/h1-10,12,17,22H,11,13-14H2. The van der Waals surface area contributed by atoms with Gasteiger partial charge in [-0.3, -0.25) is 9.78 Å². The lowest BCUT2D eigenvalue weighted by Crippen LogP contribution is -2.41. The summed E-state index contributed by atoms with van der Waals surface area (Å²) in [5, 5.41) is 2.21. The summed E-state index contributed by atoms with van der Waals surface area (Å²) in [6.45, 7) is 0.342. The Morgan fingerprint density at radius 2 is 1.96 bits per heavy atom. The van der Waals surface area contributed by atoms with E-state index in [4.69, 9.17) is 0 Å². The highest BCUT2D eigenvalue weighted by molar-refractivity contribution is 7.94.